The van der Waals surface area contributed by atoms with Crippen LogP contribution in [0, 0.1) is 0 Å². The summed E-state index contributed by atoms with van der Waals surface area (Å²) in [6.07, 6.45) is 6.54. The largest absolute Gasteiger partial charge is 0.468 e. The number of carbonyl (C=O) groups excluding carboxylic acids is 1. The highest BCUT2D eigenvalue weighted by molar-refractivity contribution is 7.99. The molecule has 6 heteroatoms. The van der Waals surface area contributed by atoms with Crippen LogP contribution in [0.3, 0.4) is 0 Å². The number of ether oxygens (including phenoxy) is 1. The van der Waals surface area contributed by atoms with Crippen LogP contribution in [0.1, 0.15) is 33.1 Å². The fourth-order valence-electron chi connectivity index (χ4n) is 2.23. The van der Waals surface area contributed by atoms with Crippen LogP contribution in [0.2, 0.25) is 0 Å². The van der Waals surface area contributed by atoms with Crippen molar-refractivity contribution in [1.29, 1.82) is 0 Å². The molecule has 1 aliphatic rings. The van der Waals surface area contributed by atoms with Crippen LogP contribution >= 0.6 is 11.8 Å². The fourth-order valence-corrected chi connectivity index (χ4v) is 3.28. The molecule has 0 amide bonds. The van der Waals surface area contributed by atoms with Crippen molar-refractivity contribution in [3.63, 3.8) is 0 Å². The van der Waals surface area contributed by atoms with Gasteiger partial charge in [-0.2, -0.15) is 0 Å². The zero-order valence-electron chi connectivity index (χ0n) is 11.6. The number of rotatable bonds is 7. The van der Waals surface area contributed by atoms with Gasteiger partial charge < -0.3 is 9.72 Å². The van der Waals surface area contributed by atoms with Crippen LogP contribution in [0.15, 0.2) is 17.6 Å². The molecule has 0 bridgehead atoms. The third kappa shape index (κ3) is 3.98. The summed E-state index contributed by atoms with van der Waals surface area (Å²) in [7, 11) is 1.44. The van der Waals surface area contributed by atoms with E-state index in [2.05, 4.69) is 22.2 Å². The first-order valence-electron chi connectivity index (χ1n) is 6.55. The fraction of sp³-hybridized carbons (Fsp3) is 0.692. The van der Waals surface area contributed by atoms with Crippen LogP contribution in [0.25, 0.3) is 0 Å². The number of H-pyrrole nitrogens is 1. The van der Waals surface area contributed by atoms with E-state index in [-0.39, 0.29) is 11.2 Å². The van der Waals surface area contributed by atoms with Crippen molar-refractivity contribution in [3.05, 3.63) is 12.4 Å². The molecule has 1 saturated carbocycles. The van der Waals surface area contributed by atoms with Gasteiger partial charge in [-0.1, -0.05) is 18.7 Å². The van der Waals surface area contributed by atoms with E-state index >= 15 is 0 Å². The molecule has 0 spiro atoms. The van der Waals surface area contributed by atoms with Gasteiger partial charge in [-0.05, 0) is 26.2 Å². The van der Waals surface area contributed by atoms with Crippen LogP contribution in [-0.2, 0) is 9.53 Å². The molecule has 1 aliphatic carbocycles. The van der Waals surface area contributed by atoms with Crippen molar-refractivity contribution in [2.24, 2.45) is 0 Å². The Kier molecular flexibility index (Phi) is 4.52. The van der Waals surface area contributed by atoms with Crippen molar-refractivity contribution >= 4 is 17.7 Å². The van der Waals surface area contributed by atoms with Gasteiger partial charge in [-0.3, -0.25) is 10.1 Å². The zero-order chi connectivity index (χ0) is 13.9. The van der Waals surface area contributed by atoms with E-state index < -0.39 is 5.54 Å². The maximum absolute atomic E-state index is 12.0. The number of hydrogen-bond acceptors (Lipinski definition) is 5. The lowest BCUT2D eigenvalue weighted by Crippen LogP contribution is -2.52. The molecule has 2 rings (SSSR count). The second kappa shape index (κ2) is 5.96. The summed E-state index contributed by atoms with van der Waals surface area (Å²) in [4.78, 5) is 19.3. The highest BCUT2D eigenvalue weighted by Crippen LogP contribution is 2.30. The lowest BCUT2D eigenvalue weighted by molar-refractivity contribution is -0.148. The lowest BCUT2D eigenvalue weighted by Gasteiger charge is -2.30. The minimum absolute atomic E-state index is 0.189. The highest BCUT2D eigenvalue weighted by Gasteiger charge is 2.40. The van der Waals surface area contributed by atoms with Gasteiger partial charge in [0.25, 0.3) is 0 Å². The lowest BCUT2D eigenvalue weighted by atomic mass is 9.96. The zero-order valence-corrected chi connectivity index (χ0v) is 12.4. The van der Waals surface area contributed by atoms with Gasteiger partial charge in [0.2, 0.25) is 0 Å². The number of aromatic amines is 1. The number of nitrogens with one attached hydrogen (secondary N) is 2. The van der Waals surface area contributed by atoms with E-state index in [9.17, 15) is 4.79 Å². The van der Waals surface area contributed by atoms with Crippen molar-refractivity contribution in [2.75, 3.05) is 7.11 Å². The average molecular weight is 283 g/mol. The number of nitrogens with zero attached hydrogens (tertiary/aromatic N) is 1. The molecule has 1 aromatic rings. The molecular formula is C13H21N3O2S. The second-order valence-electron chi connectivity index (χ2n) is 5.27. The van der Waals surface area contributed by atoms with Gasteiger partial charge >= 0.3 is 5.97 Å². The molecule has 0 radical (unpaired) electrons. The van der Waals surface area contributed by atoms with Gasteiger partial charge in [0.05, 0.1) is 7.11 Å². The molecule has 5 nitrogen and oxygen atoms in total. The van der Waals surface area contributed by atoms with Crippen molar-refractivity contribution in [2.45, 2.75) is 55.1 Å². The van der Waals surface area contributed by atoms with Crippen LogP contribution in [-0.4, -0.2) is 39.9 Å². The van der Waals surface area contributed by atoms with E-state index in [4.69, 9.17) is 4.74 Å². The number of imidazole rings is 1. The Morgan fingerprint density at radius 2 is 2.47 bits per heavy atom. The first-order valence-corrected chi connectivity index (χ1v) is 7.43. The number of hydrogen-bond donors (Lipinski definition) is 2. The van der Waals surface area contributed by atoms with Gasteiger partial charge in [0.1, 0.15) is 5.54 Å². The summed E-state index contributed by atoms with van der Waals surface area (Å²) in [5, 5.41) is 4.56. The maximum Gasteiger partial charge on any atom is 0.325 e. The summed E-state index contributed by atoms with van der Waals surface area (Å²) in [5.41, 5.74) is -0.616. The Morgan fingerprint density at radius 1 is 1.74 bits per heavy atom. The molecule has 2 atom stereocenters. The Bertz CT molecular complexity index is 420. The minimum Gasteiger partial charge on any atom is -0.468 e. The Labute approximate surface area is 117 Å². The van der Waals surface area contributed by atoms with E-state index in [1.807, 2.05) is 6.92 Å². The number of thioether (sulfide) groups is 1. The van der Waals surface area contributed by atoms with Crippen LogP contribution < -0.4 is 5.32 Å². The molecule has 1 fully saturated rings. The molecule has 2 unspecified atom stereocenters. The van der Waals surface area contributed by atoms with Crippen LogP contribution in [0.5, 0.6) is 0 Å². The third-order valence-electron chi connectivity index (χ3n) is 3.22. The molecule has 0 saturated heterocycles. The van der Waals surface area contributed by atoms with Crippen molar-refractivity contribution < 1.29 is 9.53 Å². The van der Waals surface area contributed by atoms with Gasteiger partial charge in [0, 0.05) is 23.7 Å². The normalized spacial score (nSPS) is 19.7. The Hall–Kier alpha value is -1.01. The SMILES string of the molecule is COC(=O)C(C)(CC(C)Sc1ncc[nH]1)NC1CC1. The van der Waals surface area contributed by atoms with Crippen molar-refractivity contribution in [3.8, 4) is 0 Å². The smallest absolute Gasteiger partial charge is 0.325 e. The van der Waals surface area contributed by atoms with Gasteiger partial charge in [0.15, 0.2) is 5.16 Å². The predicted octanol–water partition coefficient (Wildman–Crippen LogP) is 1.96. The maximum atomic E-state index is 12.0. The molecule has 1 heterocycles. The summed E-state index contributed by atoms with van der Waals surface area (Å²) >= 11 is 1.64. The van der Waals surface area contributed by atoms with Crippen LogP contribution in [0.4, 0.5) is 0 Å². The quantitative estimate of drug-likeness (QED) is 0.591. The van der Waals surface area contributed by atoms with Crippen molar-refractivity contribution in [1.82, 2.24) is 15.3 Å². The standard InChI is InChI=1S/C13H21N3O2S/c1-9(19-12-14-6-7-15-12)8-13(2,11(17)18-3)16-10-4-5-10/h6-7,9-10,16H,4-5,8H2,1-3H3,(H,14,15). The summed E-state index contributed by atoms with van der Waals surface area (Å²) in [6.45, 7) is 4.03. The van der Waals surface area contributed by atoms with Gasteiger partial charge in [-0.25, -0.2) is 4.98 Å². The first-order chi connectivity index (χ1) is 9.03. The molecule has 0 aromatic carbocycles. The Morgan fingerprint density at radius 3 is 3.00 bits per heavy atom. The molecule has 2 N–H and O–H groups in total. The first kappa shape index (κ1) is 14.4. The molecule has 19 heavy (non-hydrogen) atoms. The van der Waals surface area contributed by atoms with E-state index in [0.29, 0.717) is 12.5 Å². The predicted molar refractivity (Wildman–Crippen MR) is 75.1 cm³/mol. The highest BCUT2D eigenvalue weighted by atomic mass is 32.2. The molecule has 106 valence electrons. The van der Waals surface area contributed by atoms with E-state index in [1.165, 1.54) is 7.11 Å². The summed E-state index contributed by atoms with van der Waals surface area (Å²) in [6, 6.07) is 0.463. The number of methoxy groups -OCH3 is 1. The van der Waals surface area contributed by atoms with Gasteiger partial charge in [-0.15, -0.1) is 0 Å². The third-order valence-corrected chi connectivity index (χ3v) is 4.23. The summed E-state index contributed by atoms with van der Waals surface area (Å²) in [5.74, 6) is -0.189. The topological polar surface area (TPSA) is 67.0 Å². The monoisotopic (exact) mass is 283 g/mol. The molecule has 1 aromatic heterocycles. The molecular weight excluding hydrogens is 262 g/mol. The number of carbonyl (C=O) groups is 1. The number of esters is 1. The average Bonchev–Trinajstić information content (AvgIpc) is 3.01. The summed E-state index contributed by atoms with van der Waals surface area (Å²) < 4.78 is 4.95. The molecule has 0 aliphatic heterocycles. The Balaban J connectivity index is 1.96. The number of aromatic nitrogens is 2. The minimum atomic E-state index is -0.616. The van der Waals surface area contributed by atoms with E-state index in [0.717, 1.165) is 18.0 Å². The van der Waals surface area contributed by atoms with E-state index in [1.54, 1.807) is 24.2 Å². The second-order valence-corrected chi connectivity index (χ2v) is 6.70.